The van der Waals surface area contributed by atoms with Gasteiger partial charge in [-0.15, -0.1) is 0 Å². The Morgan fingerprint density at radius 1 is 1.05 bits per heavy atom. The number of carbonyl (C=O) groups is 3. The summed E-state index contributed by atoms with van der Waals surface area (Å²) in [7, 11) is 0. The summed E-state index contributed by atoms with van der Waals surface area (Å²) in [6.45, 7) is 0. The SMILES string of the molecule is N#Cc1cccc(N2C(=O)c3ccc(C(=O)O)cc3C2=O)c1. The van der Waals surface area contributed by atoms with E-state index in [1.165, 1.54) is 24.3 Å². The fourth-order valence-corrected chi connectivity index (χ4v) is 2.32. The van der Waals surface area contributed by atoms with Gasteiger partial charge in [0.1, 0.15) is 0 Å². The van der Waals surface area contributed by atoms with Crippen LogP contribution in [0.25, 0.3) is 0 Å². The van der Waals surface area contributed by atoms with Crippen LogP contribution in [0.5, 0.6) is 0 Å². The summed E-state index contributed by atoms with van der Waals surface area (Å²) >= 11 is 0. The highest BCUT2D eigenvalue weighted by Crippen LogP contribution is 2.29. The molecule has 6 heteroatoms. The molecule has 1 aliphatic heterocycles. The van der Waals surface area contributed by atoms with Gasteiger partial charge in [0.2, 0.25) is 0 Å². The van der Waals surface area contributed by atoms with E-state index >= 15 is 0 Å². The molecule has 0 fully saturated rings. The van der Waals surface area contributed by atoms with Crippen molar-refractivity contribution in [2.24, 2.45) is 0 Å². The van der Waals surface area contributed by atoms with Gasteiger partial charge in [0.25, 0.3) is 11.8 Å². The topological polar surface area (TPSA) is 98.5 Å². The van der Waals surface area contributed by atoms with Crippen LogP contribution in [0.15, 0.2) is 42.5 Å². The van der Waals surface area contributed by atoms with E-state index in [2.05, 4.69) is 0 Å². The van der Waals surface area contributed by atoms with Crippen LogP contribution < -0.4 is 4.90 Å². The van der Waals surface area contributed by atoms with E-state index in [-0.39, 0.29) is 22.4 Å². The Morgan fingerprint density at radius 2 is 1.77 bits per heavy atom. The first-order valence-corrected chi connectivity index (χ1v) is 6.29. The third-order valence-corrected chi connectivity index (χ3v) is 3.37. The highest BCUT2D eigenvalue weighted by molar-refractivity contribution is 6.34. The van der Waals surface area contributed by atoms with E-state index in [0.717, 1.165) is 4.90 Å². The normalized spacial score (nSPS) is 13.0. The van der Waals surface area contributed by atoms with Crippen LogP contribution in [0.2, 0.25) is 0 Å². The number of nitriles is 1. The van der Waals surface area contributed by atoms with Gasteiger partial charge in [-0.3, -0.25) is 9.59 Å². The Balaban J connectivity index is 2.10. The predicted molar refractivity (Wildman–Crippen MR) is 75.7 cm³/mol. The fourth-order valence-electron chi connectivity index (χ4n) is 2.32. The molecule has 106 valence electrons. The minimum Gasteiger partial charge on any atom is -0.478 e. The second kappa shape index (κ2) is 4.82. The number of carbonyl (C=O) groups excluding carboxylic acids is 2. The highest BCUT2D eigenvalue weighted by atomic mass is 16.4. The van der Waals surface area contributed by atoms with E-state index < -0.39 is 17.8 Å². The number of aromatic carboxylic acids is 1. The van der Waals surface area contributed by atoms with Crippen molar-refractivity contribution in [1.82, 2.24) is 0 Å². The molecular formula is C16H8N2O4. The molecule has 0 aliphatic carbocycles. The molecular weight excluding hydrogens is 284 g/mol. The average Bonchev–Trinajstić information content (AvgIpc) is 2.78. The van der Waals surface area contributed by atoms with Crippen molar-refractivity contribution in [1.29, 1.82) is 5.26 Å². The summed E-state index contributed by atoms with van der Waals surface area (Å²) in [4.78, 5) is 36.7. The van der Waals surface area contributed by atoms with E-state index in [1.54, 1.807) is 18.2 Å². The number of amides is 2. The monoisotopic (exact) mass is 292 g/mol. The van der Waals surface area contributed by atoms with Gasteiger partial charge in [0, 0.05) is 0 Å². The van der Waals surface area contributed by atoms with Gasteiger partial charge in [-0.05, 0) is 36.4 Å². The lowest BCUT2D eigenvalue weighted by atomic mass is 10.1. The third kappa shape index (κ3) is 1.93. The summed E-state index contributed by atoms with van der Waals surface area (Å²) in [5, 5.41) is 17.9. The fraction of sp³-hybridized carbons (Fsp3) is 0. The maximum absolute atomic E-state index is 12.4. The number of fused-ring (bicyclic) bond motifs is 1. The number of hydrogen-bond donors (Lipinski definition) is 1. The van der Waals surface area contributed by atoms with Crippen LogP contribution in [0.3, 0.4) is 0 Å². The minimum absolute atomic E-state index is 0.0484. The molecule has 0 spiro atoms. The van der Waals surface area contributed by atoms with Crippen molar-refractivity contribution in [3.8, 4) is 6.07 Å². The smallest absolute Gasteiger partial charge is 0.335 e. The molecule has 0 saturated carbocycles. The lowest BCUT2D eigenvalue weighted by Crippen LogP contribution is -2.29. The van der Waals surface area contributed by atoms with Crippen LogP contribution in [-0.4, -0.2) is 22.9 Å². The van der Waals surface area contributed by atoms with Crippen LogP contribution in [0.1, 0.15) is 36.6 Å². The molecule has 22 heavy (non-hydrogen) atoms. The van der Waals surface area contributed by atoms with Crippen LogP contribution in [0, 0.1) is 11.3 Å². The van der Waals surface area contributed by atoms with Gasteiger partial charge in [0.05, 0.1) is 34.0 Å². The Hall–Kier alpha value is -3.46. The number of nitrogens with zero attached hydrogens (tertiary/aromatic N) is 2. The van der Waals surface area contributed by atoms with E-state index in [1.807, 2.05) is 6.07 Å². The van der Waals surface area contributed by atoms with Crippen LogP contribution in [-0.2, 0) is 0 Å². The van der Waals surface area contributed by atoms with E-state index in [4.69, 9.17) is 10.4 Å². The van der Waals surface area contributed by atoms with Crippen molar-refractivity contribution in [2.75, 3.05) is 4.90 Å². The van der Waals surface area contributed by atoms with Gasteiger partial charge in [-0.25, -0.2) is 9.69 Å². The maximum Gasteiger partial charge on any atom is 0.335 e. The number of imide groups is 1. The first-order chi connectivity index (χ1) is 10.5. The zero-order chi connectivity index (χ0) is 15.9. The van der Waals surface area contributed by atoms with Crippen molar-refractivity contribution < 1.29 is 19.5 Å². The quantitative estimate of drug-likeness (QED) is 0.854. The molecule has 2 amide bonds. The van der Waals surface area contributed by atoms with Gasteiger partial charge >= 0.3 is 5.97 Å². The van der Waals surface area contributed by atoms with Crippen molar-refractivity contribution in [2.45, 2.75) is 0 Å². The molecule has 1 N–H and O–H groups in total. The summed E-state index contributed by atoms with van der Waals surface area (Å²) in [5.41, 5.74) is 0.736. The maximum atomic E-state index is 12.4. The number of rotatable bonds is 2. The molecule has 3 rings (SSSR count). The summed E-state index contributed by atoms with van der Waals surface area (Å²) in [5.74, 6) is -2.31. The average molecular weight is 292 g/mol. The molecule has 0 aromatic heterocycles. The second-order valence-electron chi connectivity index (χ2n) is 4.67. The zero-order valence-electron chi connectivity index (χ0n) is 11.1. The Labute approximate surface area is 124 Å². The standard InChI is InChI=1S/C16H8N2O4/c17-8-9-2-1-3-11(6-9)18-14(19)12-5-4-10(16(21)22)7-13(12)15(18)20/h1-7H,(H,21,22). The number of hydrogen-bond acceptors (Lipinski definition) is 4. The van der Waals surface area contributed by atoms with Crippen LogP contribution in [0.4, 0.5) is 5.69 Å². The number of benzene rings is 2. The Bertz CT molecular complexity index is 880. The van der Waals surface area contributed by atoms with Crippen molar-refractivity contribution in [3.63, 3.8) is 0 Å². The van der Waals surface area contributed by atoms with E-state index in [0.29, 0.717) is 5.56 Å². The largest absolute Gasteiger partial charge is 0.478 e. The lowest BCUT2D eigenvalue weighted by molar-refractivity contribution is 0.0696. The second-order valence-corrected chi connectivity index (χ2v) is 4.67. The molecule has 6 nitrogen and oxygen atoms in total. The number of carboxylic acids is 1. The van der Waals surface area contributed by atoms with Crippen molar-refractivity contribution in [3.05, 3.63) is 64.7 Å². The van der Waals surface area contributed by atoms with Gasteiger partial charge in [0.15, 0.2) is 0 Å². The first-order valence-electron chi connectivity index (χ1n) is 6.29. The first kappa shape index (κ1) is 13.5. The van der Waals surface area contributed by atoms with Crippen molar-refractivity contribution >= 4 is 23.5 Å². The molecule has 1 heterocycles. The minimum atomic E-state index is -1.17. The number of anilines is 1. The van der Waals surface area contributed by atoms with Crippen LogP contribution >= 0.6 is 0 Å². The van der Waals surface area contributed by atoms with Gasteiger partial charge < -0.3 is 5.11 Å². The highest BCUT2D eigenvalue weighted by Gasteiger charge is 2.37. The zero-order valence-corrected chi connectivity index (χ0v) is 11.1. The number of carboxylic acid groups (broad SMARTS) is 1. The summed E-state index contributed by atoms with van der Waals surface area (Å²) in [6.07, 6.45) is 0. The third-order valence-electron chi connectivity index (χ3n) is 3.37. The molecule has 0 atom stereocenters. The summed E-state index contributed by atoms with van der Waals surface area (Å²) in [6, 6.07) is 11.8. The Morgan fingerprint density at radius 3 is 2.45 bits per heavy atom. The molecule has 0 unspecified atom stereocenters. The summed E-state index contributed by atoms with van der Waals surface area (Å²) < 4.78 is 0. The Kier molecular flexibility index (Phi) is 2.96. The molecule has 0 bridgehead atoms. The molecule has 0 saturated heterocycles. The molecule has 2 aromatic carbocycles. The van der Waals surface area contributed by atoms with E-state index in [9.17, 15) is 14.4 Å². The molecule has 0 radical (unpaired) electrons. The molecule has 1 aliphatic rings. The van der Waals surface area contributed by atoms with Gasteiger partial charge in [-0.2, -0.15) is 5.26 Å². The predicted octanol–water partition coefficient (Wildman–Crippen LogP) is 2.06. The van der Waals surface area contributed by atoms with Gasteiger partial charge in [-0.1, -0.05) is 6.07 Å². The lowest BCUT2D eigenvalue weighted by Gasteiger charge is -2.13. The molecule has 2 aromatic rings.